The van der Waals surface area contributed by atoms with Crippen LogP contribution in [0.15, 0.2) is 64.7 Å². The summed E-state index contributed by atoms with van der Waals surface area (Å²) in [6.45, 7) is 0. The summed E-state index contributed by atoms with van der Waals surface area (Å²) in [5.74, 6) is 0.662. The molecule has 0 aromatic heterocycles. The quantitative estimate of drug-likeness (QED) is 0.342. The maximum absolute atomic E-state index is 12.4. The van der Waals surface area contributed by atoms with E-state index in [0.29, 0.717) is 21.5 Å². The molecule has 170 valence electrons. The molecule has 0 spiro atoms. The number of aliphatic imine (C=N–C) groups is 1. The number of benzene rings is 2. The van der Waals surface area contributed by atoms with Crippen LogP contribution in [0.25, 0.3) is 6.08 Å². The number of rotatable bonds is 6. The maximum atomic E-state index is 12.4. The van der Waals surface area contributed by atoms with Gasteiger partial charge in [-0.25, -0.2) is 14.8 Å². The number of nitro groups is 1. The van der Waals surface area contributed by atoms with Crippen LogP contribution >= 0.6 is 23.4 Å². The minimum Gasteiger partial charge on any atom is -0.302 e. The van der Waals surface area contributed by atoms with Gasteiger partial charge in [-0.05, 0) is 35.9 Å². The number of allylic oxidation sites excluding steroid dienone is 1. The molecule has 1 fully saturated rings. The number of hydrazone groups is 1. The number of amides is 2. The topological polar surface area (TPSA) is 94.7 Å². The molecule has 2 aliphatic rings. The molecule has 2 aliphatic heterocycles. The number of nitrogens with zero attached hydrogens (tertiary/aromatic N) is 6. The summed E-state index contributed by atoms with van der Waals surface area (Å²) in [6.07, 6.45) is 4.08. The highest BCUT2D eigenvalue weighted by atomic mass is 35.5. The minimum absolute atomic E-state index is 0.0203. The molecule has 0 N–H and O–H groups in total. The SMILES string of the molecule is CN1C(=O)N(C)C2C1N=C(SCc1ccc(Cl)cc1)N2/N=C/C=C/c1ccccc1[N+](=O)[O-]. The number of hydrogen-bond acceptors (Lipinski definition) is 7. The third-order valence-corrected chi connectivity index (χ3v) is 6.60. The van der Waals surface area contributed by atoms with Crippen LogP contribution < -0.4 is 0 Å². The highest BCUT2D eigenvalue weighted by molar-refractivity contribution is 8.13. The second-order valence-corrected chi connectivity index (χ2v) is 8.82. The van der Waals surface area contributed by atoms with Crippen LogP contribution in [0.1, 0.15) is 11.1 Å². The zero-order valence-electron chi connectivity index (χ0n) is 17.9. The van der Waals surface area contributed by atoms with Crippen LogP contribution in [0.4, 0.5) is 10.5 Å². The highest BCUT2D eigenvalue weighted by Gasteiger charge is 2.50. The number of thioether (sulfide) groups is 1. The molecule has 2 atom stereocenters. The first-order chi connectivity index (χ1) is 15.9. The molecule has 0 aliphatic carbocycles. The molecule has 2 amide bonds. The Morgan fingerprint density at radius 1 is 1.18 bits per heavy atom. The number of nitro benzene ring substituents is 1. The van der Waals surface area contributed by atoms with Crippen LogP contribution in [0.5, 0.6) is 0 Å². The van der Waals surface area contributed by atoms with Crippen molar-refractivity contribution in [2.45, 2.75) is 18.1 Å². The van der Waals surface area contributed by atoms with E-state index in [4.69, 9.17) is 16.6 Å². The molecule has 0 saturated carbocycles. The Hall–Kier alpha value is -3.37. The molecule has 2 heterocycles. The van der Waals surface area contributed by atoms with Gasteiger partial charge in [-0.15, -0.1) is 0 Å². The lowest BCUT2D eigenvalue weighted by molar-refractivity contribution is -0.385. The second-order valence-electron chi connectivity index (χ2n) is 7.44. The van der Waals surface area contributed by atoms with E-state index >= 15 is 0 Å². The smallest absolute Gasteiger partial charge is 0.302 e. The van der Waals surface area contributed by atoms with Crippen molar-refractivity contribution in [1.29, 1.82) is 0 Å². The van der Waals surface area contributed by atoms with E-state index in [0.717, 1.165) is 5.56 Å². The Morgan fingerprint density at radius 3 is 2.64 bits per heavy atom. The summed E-state index contributed by atoms with van der Waals surface area (Å²) in [5, 5.41) is 18.8. The molecule has 2 aromatic carbocycles. The fourth-order valence-corrected chi connectivity index (χ4v) is 4.69. The van der Waals surface area contributed by atoms with E-state index in [2.05, 4.69) is 5.10 Å². The third kappa shape index (κ3) is 4.71. The highest BCUT2D eigenvalue weighted by Crippen LogP contribution is 2.34. The Labute approximate surface area is 200 Å². The van der Waals surface area contributed by atoms with Crippen molar-refractivity contribution in [2.75, 3.05) is 14.1 Å². The van der Waals surface area contributed by atoms with Gasteiger partial charge in [0.05, 0.1) is 10.5 Å². The molecule has 2 aromatic rings. The average Bonchev–Trinajstić information content (AvgIpc) is 3.27. The van der Waals surface area contributed by atoms with Gasteiger partial charge in [0.1, 0.15) is 0 Å². The molecule has 0 bridgehead atoms. The fourth-order valence-electron chi connectivity index (χ4n) is 3.61. The largest absolute Gasteiger partial charge is 0.323 e. The third-order valence-electron chi connectivity index (χ3n) is 5.32. The first-order valence-electron chi connectivity index (χ1n) is 10.0. The summed E-state index contributed by atoms with van der Waals surface area (Å²) in [6, 6.07) is 13.9. The number of fused-ring (bicyclic) bond motifs is 1. The Kier molecular flexibility index (Phi) is 6.66. The molecular weight excluding hydrogens is 464 g/mol. The summed E-state index contributed by atoms with van der Waals surface area (Å²) >= 11 is 7.49. The van der Waals surface area contributed by atoms with E-state index in [1.807, 2.05) is 24.3 Å². The monoisotopic (exact) mass is 484 g/mol. The second kappa shape index (κ2) is 9.63. The number of para-hydroxylation sites is 1. The summed E-state index contributed by atoms with van der Waals surface area (Å²) < 4.78 is 0. The van der Waals surface area contributed by atoms with Crippen LogP contribution in [0.2, 0.25) is 5.02 Å². The van der Waals surface area contributed by atoms with Crippen molar-refractivity contribution >= 4 is 52.5 Å². The number of likely N-dealkylation sites (N-methyl/N-ethyl adjacent to an activating group) is 2. The van der Waals surface area contributed by atoms with Gasteiger partial charge in [0.25, 0.3) is 5.69 Å². The van der Waals surface area contributed by atoms with Crippen LogP contribution in [-0.4, -0.2) is 63.6 Å². The van der Waals surface area contributed by atoms with Gasteiger partial charge in [-0.1, -0.05) is 47.6 Å². The molecule has 0 radical (unpaired) electrons. The summed E-state index contributed by atoms with van der Waals surface area (Å²) in [4.78, 5) is 31.1. The van der Waals surface area contributed by atoms with Crippen molar-refractivity contribution < 1.29 is 9.72 Å². The van der Waals surface area contributed by atoms with Gasteiger partial charge in [0.2, 0.25) is 0 Å². The standard InChI is InChI=1S/C22H21ClN6O3S/c1-26-19-20(27(2)22(26)30)28(21(25-19)33-14-15-9-11-17(23)12-10-15)24-13-5-7-16-6-3-4-8-18(16)29(31)32/h3-13,19-20H,14H2,1-2H3/b7-5+,24-13+. The molecule has 2 unspecified atom stereocenters. The van der Waals surface area contributed by atoms with E-state index < -0.39 is 4.92 Å². The Morgan fingerprint density at radius 2 is 1.91 bits per heavy atom. The minimum atomic E-state index is -0.422. The average molecular weight is 485 g/mol. The summed E-state index contributed by atoms with van der Waals surface area (Å²) in [5.41, 5.74) is 1.58. The molecule has 4 rings (SSSR count). The van der Waals surface area contributed by atoms with E-state index in [-0.39, 0.29) is 24.1 Å². The zero-order chi connectivity index (χ0) is 23.5. The number of carbonyl (C=O) groups excluding carboxylic acids is 1. The number of urea groups is 1. The maximum Gasteiger partial charge on any atom is 0.323 e. The first kappa shape index (κ1) is 22.8. The summed E-state index contributed by atoms with van der Waals surface area (Å²) in [7, 11) is 3.44. The molecule has 9 nitrogen and oxygen atoms in total. The molecular formula is C22H21ClN6O3S. The fraction of sp³-hybridized carbons (Fsp3) is 0.227. The number of carbonyl (C=O) groups is 1. The van der Waals surface area contributed by atoms with Crippen molar-refractivity contribution in [3.63, 3.8) is 0 Å². The van der Waals surface area contributed by atoms with Crippen molar-refractivity contribution in [3.05, 3.63) is 80.9 Å². The van der Waals surface area contributed by atoms with Crippen LogP contribution in [0.3, 0.4) is 0 Å². The Bertz CT molecular complexity index is 1150. The molecule has 1 saturated heterocycles. The normalized spacial score (nSPS) is 20.3. The first-order valence-corrected chi connectivity index (χ1v) is 11.4. The predicted octanol–water partition coefficient (Wildman–Crippen LogP) is 4.50. The Balaban J connectivity index is 1.54. The van der Waals surface area contributed by atoms with Crippen molar-refractivity contribution in [2.24, 2.45) is 10.1 Å². The van der Waals surface area contributed by atoms with Gasteiger partial charge in [0, 0.05) is 37.2 Å². The van der Waals surface area contributed by atoms with Gasteiger partial charge < -0.3 is 9.80 Å². The molecule has 33 heavy (non-hydrogen) atoms. The van der Waals surface area contributed by atoms with Gasteiger partial charge in [-0.3, -0.25) is 10.1 Å². The lowest BCUT2D eigenvalue weighted by Crippen LogP contribution is -2.43. The van der Waals surface area contributed by atoms with Crippen molar-refractivity contribution in [3.8, 4) is 0 Å². The lowest BCUT2D eigenvalue weighted by Gasteiger charge is -2.25. The van der Waals surface area contributed by atoms with E-state index in [1.165, 1.54) is 17.8 Å². The zero-order valence-corrected chi connectivity index (χ0v) is 19.5. The lowest BCUT2D eigenvalue weighted by atomic mass is 10.2. The molecule has 11 heteroatoms. The van der Waals surface area contributed by atoms with Gasteiger partial charge >= 0.3 is 6.03 Å². The van der Waals surface area contributed by atoms with Crippen LogP contribution in [0, 0.1) is 10.1 Å². The van der Waals surface area contributed by atoms with Gasteiger partial charge in [0.15, 0.2) is 17.5 Å². The van der Waals surface area contributed by atoms with E-state index in [1.54, 1.807) is 65.5 Å². The van der Waals surface area contributed by atoms with Crippen molar-refractivity contribution in [1.82, 2.24) is 14.8 Å². The number of halogens is 1. The van der Waals surface area contributed by atoms with Gasteiger partial charge in [-0.2, -0.15) is 5.10 Å². The number of hydrogen-bond donors (Lipinski definition) is 0. The van der Waals surface area contributed by atoms with E-state index in [9.17, 15) is 14.9 Å². The predicted molar refractivity (Wildman–Crippen MR) is 131 cm³/mol. The van der Waals surface area contributed by atoms with Crippen LogP contribution in [-0.2, 0) is 5.75 Å². The number of amidine groups is 1.